The number of nitrogens with zero attached hydrogens (tertiary/aromatic N) is 4. The summed E-state index contributed by atoms with van der Waals surface area (Å²) >= 11 is 1.14. The average molecular weight is 457 g/mol. The molecule has 8 nitrogen and oxygen atoms in total. The number of sulfonamides is 1. The van der Waals surface area contributed by atoms with Crippen LogP contribution in [0.2, 0.25) is 0 Å². The van der Waals surface area contributed by atoms with Crippen LogP contribution in [0.15, 0.2) is 40.3 Å². The zero-order valence-electron chi connectivity index (χ0n) is 17.2. The lowest BCUT2D eigenvalue weighted by Gasteiger charge is -2.32. The Morgan fingerprint density at radius 3 is 2.42 bits per heavy atom. The van der Waals surface area contributed by atoms with Gasteiger partial charge in [-0.1, -0.05) is 36.9 Å². The maximum absolute atomic E-state index is 12.5. The van der Waals surface area contributed by atoms with E-state index in [-0.39, 0.29) is 16.8 Å². The Kier molecular flexibility index (Phi) is 7.52. The summed E-state index contributed by atoms with van der Waals surface area (Å²) in [5.41, 5.74) is 7.37. The molecule has 1 fully saturated rings. The Bertz CT molecular complexity index is 1120. The maximum Gasteiger partial charge on any atom is 0.241 e. The number of nitriles is 2. The van der Waals surface area contributed by atoms with Crippen molar-refractivity contribution in [2.45, 2.75) is 42.1 Å². The highest BCUT2D eigenvalue weighted by atomic mass is 32.2. The van der Waals surface area contributed by atoms with E-state index in [9.17, 15) is 18.9 Å². The third-order valence-electron chi connectivity index (χ3n) is 5.18. The lowest BCUT2D eigenvalue weighted by atomic mass is 10.00. The predicted octanol–water partition coefficient (Wildman–Crippen LogP) is 2.34. The second kappa shape index (κ2) is 10.1. The number of piperidine rings is 1. The van der Waals surface area contributed by atoms with Crippen molar-refractivity contribution < 1.29 is 8.42 Å². The third kappa shape index (κ3) is 5.17. The smallest absolute Gasteiger partial charge is 0.241 e. The van der Waals surface area contributed by atoms with Gasteiger partial charge in [-0.25, -0.2) is 18.1 Å². The molecule has 0 radical (unpaired) electrons. The van der Waals surface area contributed by atoms with Crippen molar-refractivity contribution in [2.24, 2.45) is 5.73 Å². The lowest BCUT2D eigenvalue weighted by Crippen LogP contribution is -2.40. The first-order chi connectivity index (χ1) is 14.9. The molecule has 1 aromatic heterocycles. The summed E-state index contributed by atoms with van der Waals surface area (Å²) in [5.74, 6) is 0.553. The van der Waals surface area contributed by atoms with E-state index in [1.807, 2.05) is 11.8 Å². The van der Waals surface area contributed by atoms with E-state index < -0.39 is 10.0 Å². The molecule has 1 saturated heterocycles. The van der Waals surface area contributed by atoms with E-state index in [1.54, 1.807) is 18.2 Å². The molecule has 10 heteroatoms. The summed E-state index contributed by atoms with van der Waals surface area (Å²) < 4.78 is 27.5. The van der Waals surface area contributed by atoms with Crippen molar-refractivity contribution in [1.29, 1.82) is 10.5 Å². The molecule has 0 bridgehead atoms. The van der Waals surface area contributed by atoms with E-state index in [4.69, 9.17) is 5.73 Å². The van der Waals surface area contributed by atoms with Gasteiger partial charge in [0.1, 0.15) is 23.0 Å². The van der Waals surface area contributed by atoms with Gasteiger partial charge in [0.2, 0.25) is 10.0 Å². The van der Waals surface area contributed by atoms with Gasteiger partial charge in [-0.05, 0) is 37.0 Å². The molecule has 0 atom stereocenters. The highest BCUT2D eigenvalue weighted by Crippen LogP contribution is 2.32. The van der Waals surface area contributed by atoms with Crippen LogP contribution in [0.3, 0.4) is 0 Å². The van der Waals surface area contributed by atoms with Crippen molar-refractivity contribution in [3.8, 4) is 12.1 Å². The fourth-order valence-corrected chi connectivity index (χ4v) is 5.63. The number of hydrogen-bond donors (Lipinski definition) is 2. The summed E-state index contributed by atoms with van der Waals surface area (Å²) in [5, 5.41) is 19.9. The molecular weight excluding hydrogens is 432 g/mol. The molecule has 1 aliphatic rings. The van der Waals surface area contributed by atoms with E-state index in [0.29, 0.717) is 47.0 Å². The predicted molar refractivity (Wildman–Crippen MR) is 120 cm³/mol. The van der Waals surface area contributed by atoms with Gasteiger partial charge in [0.15, 0.2) is 0 Å². The van der Waals surface area contributed by atoms with Crippen LogP contribution in [0, 0.1) is 22.7 Å². The van der Waals surface area contributed by atoms with Gasteiger partial charge >= 0.3 is 0 Å². The molecule has 1 aliphatic heterocycles. The Morgan fingerprint density at radius 1 is 1.19 bits per heavy atom. The second-order valence-electron chi connectivity index (χ2n) is 7.12. The molecule has 0 spiro atoms. The Hall–Kier alpha value is -2.63. The fraction of sp³-hybridized carbons (Fsp3) is 0.381. The van der Waals surface area contributed by atoms with Gasteiger partial charge in [-0.15, -0.1) is 0 Å². The first kappa shape index (κ1) is 23.0. The largest absolute Gasteiger partial charge is 0.355 e. The van der Waals surface area contributed by atoms with Gasteiger partial charge in [-0.2, -0.15) is 10.5 Å². The van der Waals surface area contributed by atoms with Crippen LogP contribution in [0.5, 0.6) is 0 Å². The molecule has 162 valence electrons. The minimum atomic E-state index is -3.67. The molecule has 31 heavy (non-hydrogen) atoms. The summed E-state index contributed by atoms with van der Waals surface area (Å²) in [4.78, 5) is 6.83. The lowest BCUT2D eigenvalue weighted by molar-refractivity contribution is 0.497. The number of anilines is 1. The highest BCUT2D eigenvalue weighted by molar-refractivity contribution is 8.00. The fourth-order valence-electron chi connectivity index (χ4n) is 3.49. The Morgan fingerprint density at radius 2 is 1.84 bits per heavy atom. The number of rotatable bonds is 7. The monoisotopic (exact) mass is 456 g/mol. The van der Waals surface area contributed by atoms with Crippen LogP contribution in [0.25, 0.3) is 0 Å². The molecule has 2 heterocycles. The number of aromatic nitrogens is 1. The van der Waals surface area contributed by atoms with Crippen molar-refractivity contribution in [1.82, 2.24) is 9.71 Å². The zero-order chi connectivity index (χ0) is 22.4. The van der Waals surface area contributed by atoms with Gasteiger partial charge in [-0.3, -0.25) is 0 Å². The van der Waals surface area contributed by atoms with Crippen LogP contribution in [-0.2, 0) is 16.4 Å². The van der Waals surface area contributed by atoms with Crippen LogP contribution in [0.1, 0.15) is 36.5 Å². The van der Waals surface area contributed by atoms with Crippen molar-refractivity contribution in [3.05, 3.63) is 47.0 Å². The molecule has 3 rings (SSSR count). The molecule has 1 aromatic carbocycles. The topological polar surface area (TPSA) is 136 Å². The number of nitrogens with one attached hydrogen (secondary N) is 1. The molecule has 0 unspecified atom stereocenters. The first-order valence-electron chi connectivity index (χ1n) is 9.96. The summed E-state index contributed by atoms with van der Waals surface area (Å²) in [7, 11) is -3.67. The molecule has 0 saturated carbocycles. The third-order valence-corrected chi connectivity index (χ3v) is 7.63. The number of benzene rings is 1. The first-order valence-corrected chi connectivity index (χ1v) is 12.4. The molecular formula is C21H24N6O2S2. The van der Waals surface area contributed by atoms with Crippen molar-refractivity contribution in [3.63, 3.8) is 0 Å². The van der Waals surface area contributed by atoms with Gasteiger partial charge < -0.3 is 10.6 Å². The molecule has 0 amide bonds. The van der Waals surface area contributed by atoms with Crippen molar-refractivity contribution >= 4 is 27.6 Å². The summed E-state index contributed by atoms with van der Waals surface area (Å²) in [6.07, 6.45) is 2.10. The zero-order valence-corrected chi connectivity index (χ0v) is 18.8. The average Bonchev–Trinajstić information content (AvgIpc) is 2.79. The molecule has 0 aliphatic carbocycles. The summed E-state index contributed by atoms with van der Waals surface area (Å²) in [6.45, 7) is 3.25. The van der Waals surface area contributed by atoms with Crippen LogP contribution in [-0.4, -0.2) is 38.4 Å². The number of nitrogens with two attached hydrogens (primary N) is 1. The minimum Gasteiger partial charge on any atom is -0.355 e. The highest BCUT2D eigenvalue weighted by Gasteiger charge is 2.25. The van der Waals surface area contributed by atoms with Crippen LogP contribution in [0.4, 0.5) is 5.82 Å². The SMILES string of the molecule is CCc1c(C#N)c(SCNS(=O)(=O)c2ccccc2)nc(N2CCC(N)CC2)c1C#N. The van der Waals surface area contributed by atoms with E-state index >= 15 is 0 Å². The van der Waals surface area contributed by atoms with E-state index in [1.165, 1.54) is 12.1 Å². The van der Waals surface area contributed by atoms with Crippen molar-refractivity contribution in [2.75, 3.05) is 23.9 Å². The number of thioether (sulfide) groups is 1. The van der Waals surface area contributed by atoms with Crippen LogP contribution < -0.4 is 15.4 Å². The Balaban J connectivity index is 1.89. The van der Waals surface area contributed by atoms with E-state index in [0.717, 1.165) is 24.6 Å². The Labute approximate surface area is 187 Å². The number of pyridine rings is 1. The second-order valence-corrected chi connectivity index (χ2v) is 9.85. The van der Waals surface area contributed by atoms with Crippen LogP contribution >= 0.6 is 11.8 Å². The normalized spacial score (nSPS) is 14.8. The van der Waals surface area contributed by atoms with Gasteiger partial charge in [0, 0.05) is 19.1 Å². The van der Waals surface area contributed by atoms with Gasteiger partial charge in [0.05, 0.1) is 21.9 Å². The summed E-state index contributed by atoms with van der Waals surface area (Å²) in [6, 6.07) is 12.6. The van der Waals surface area contributed by atoms with Gasteiger partial charge in [0.25, 0.3) is 0 Å². The minimum absolute atomic E-state index is 0.0122. The van der Waals surface area contributed by atoms with E-state index in [2.05, 4.69) is 21.8 Å². The number of hydrogen-bond acceptors (Lipinski definition) is 8. The quantitative estimate of drug-likeness (QED) is 0.479. The molecule has 3 N–H and O–H groups in total. The molecule has 2 aromatic rings. The standard InChI is InChI=1S/C21H24N6O2S2/c1-2-17-18(12-22)20(27-10-8-15(24)9-11-27)26-21(19(17)13-23)30-14-25-31(28,29)16-6-4-3-5-7-16/h3-7,15,25H,2,8-11,14,24H2,1H3. The maximum atomic E-state index is 12.5.